The molecular formula is C17H13Cl2N. The number of nitrogens with zero attached hydrogens (tertiary/aromatic N) is 1. The largest absolute Gasteiger partial charge is 0.265 e. The average Bonchev–Trinajstić information content (AvgIpc) is 2.99. The van der Waals surface area contributed by atoms with Gasteiger partial charge in [-0.3, -0.25) is 4.99 Å². The van der Waals surface area contributed by atoms with E-state index in [2.05, 4.69) is 23.2 Å². The van der Waals surface area contributed by atoms with Crippen LogP contribution in [0.15, 0.2) is 65.3 Å². The van der Waals surface area contributed by atoms with Gasteiger partial charge in [-0.1, -0.05) is 71.7 Å². The van der Waals surface area contributed by atoms with Crippen molar-refractivity contribution in [1.82, 2.24) is 0 Å². The van der Waals surface area contributed by atoms with Crippen molar-refractivity contribution in [2.45, 2.75) is 12.3 Å². The fraction of sp³-hybridized carbons (Fsp3) is 0.118. The molecule has 0 aliphatic carbocycles. The van der Waals surface area contributed by atoms with Crippen molar-refractivity contribution < 1.29 is 0 Å². The normalized spacial score (nSPS) is 15.2. The minimum Gasteiger partial charge on any atom is -0.265 e. The summed E-state index contributed by atoms with van der Waals surface area (Å²) in [6.45, 7) is 0. The summed E-state index contributed by atoms with van der Waals surface area (Å²) < 4.78 is 0. The molecule has 1 heterocycles. The molecule has 0 aromatic heterocycles. The average molecular weight is 302 g/mol. The maximum Gasteiger partial charge on any atom is 0.0634 e. The molecule has 0 N–H and O–H groups in total. The van der Waals surface area contributed by atoms with Crippen molar-refractivity contribution in [3.63, 3.8) is 0 Å². The van der Waals surface area contributed by atoms with Gasteiger partial charge < -0.3 is 0 Å². The first-order chi connectivity index (χ1) is 9.77. The summed E-state index contributed by atoms with van der Waals surface area (Å²) in [5.41, 5.74) is 3.19. The maximum absolute atomic E-state index is 6.41. The lowest BCUT2D eigenvalue weighted by molar-refractivity contribution is 0.934. The van der Waals surface area contributed by atoms with Gasteiger partial charge in [0.15, 0.2) is 0 Å². The maximum atomic E-state index is 6.41. The lowest BCUT2D eigenvalue weighted by Gasteiger charge is -2.19. The third-order valence-electron chi connectivity index (χ3n) is 3.39. The number of hydrogen-bond donors (Lipinski definition) is 0. The van der Waals surface area contributed by atoms with Crippen molar-refractivity contribution in [3.05, 3.63) is 81.5 Å². The molecule has 0 radical (unpaired) electrons. The van der Waals surface area contributed by atoms with E-state index in [4.69, 9.17) is 23.2 Å². The summed E-state index contributed by atoms with van der Waals surface area (Å²) in [5, 5.41) is 1.18. The second-order valence-electron chi connectivity index (χ2n) is 4.66. The van der Waals surface area contributed by atoms with Crippen LogP contribution >= 0.6 is 23.2 Å². The monoisotopic (exact) mass is 301 g/mol. The Kier molecular flexibility index (Phi) is 3.90. The van der Waals surface area contributed by atoms with Crippen molar-refractivity contribution in [2.24, 2.45) is 4.99 Å². The molecule has 0 saturated heterocycles. The summed E-state index contributed by atoms with van der Waals surface area (Å²) in [4.78, 5) is 4.49. The molecule has 1 aliphatic heterocycles. The summed E-state index contributed by atoms with van der Waals surface area (Å²) in [5.74, 6) is 0.0288. The minimum atomic E-state index is 0.0288. The van der Waals surface area contributed by atoms with Crippen molar-refractivity contribution in [2.75, 3.05) is 0 Å². The number of allylic oxidation sites excluding steroid dienone is 2. The molecule has 0 saturated carbocycles. The van der Waals surface area contributed by atoms with Gasteiger partial charge in [0, 0.05) is 18.3 Å². The molecule has 0 fully saturated rings. The summed E-state index contributed by atoms with van der Waals surface area (Å²) in [6.07, 6.45) is 4.93. The highest BCUT2D eigenvalue weighted by Gasteiger charge is 2.23. The molecule has 0 bridgehead atoms. The van der Waals surface area contributed by atoms with Crippen LogP contribution in [0.3, 0.4) is 0 Å². The second kappa shape index (κ2) is 5.82. The first kappa shape index (κ1) is 13.4. The Morgan fingerprint density at radius 3 is 2.45 bits per heavy atom. The molecule has 1 unspecified atom stereocenters. The highest BCUT2D eigenvalue weighted by Crippen LogP contribution is 2.39. The van der Waals surface area contributed by atoms with Crippen LogP contribution in [0.5, 0.6) is 0 Å². The van der Waals surface area contributed by atoms with Gasteiger partial charge in [0.25, 0.3) is 0 Å². The fourth-order valence-corrected chi connectivity index (χ4v) is 2.89. The number of rotatable bonds is 3. The zero-order valence-corrected chi connectivity index (χ0v) is 12.3. The van der Waals surface area contributed by atoms with Crippen LogP contribution in [0, 0.1) is 0 Å². The van der Waals surface area contributed by atoms with E-state index in [9.17, 15) is 0 Å². The Bertz CT molecular complexity index is 675. The SMILES string of the molecule is Clc1cccc(C(C2=CCC=N2)c2ccccc2)c1Cl. The Balaban J connectivity index is 2.15. The van der Waals surface area contributed by atoms with Crippen LogP contribution < -0.4 is 0 Å². The van der Waals surface area contributed by atoms with E-state index in [1.807, 2.05) is 42.6 Å². The van der Waals surface area contributed by atoms with Gasteiger partial charge in [-0.15, -0.1) is 0 Å². The molecule has 3 rings (SSSR count). The van der Waals surface area contributed by atoms with Crippen LogP contribution in [0.1, 0.15) is 23.5 Å². The van der Waals surface area contributed by atoms with Gasteiger partial charge in [-0.25, -0.2) is 0 Å². The molecule has 1 aliphatic rings. The molecule has 0 spiro atoms. The molecular weight excluding hydrogens is 289 g/mol. The molecule has 20 heavy (non-hydrogen) atoms. The van der Waals surface area contributed by atoms with E-state index in [0.717, 1.165) is 17.7 Å². The topological polar surface area (TPSA) is 12.4 Å². The van der Waals surface area contributed by atoms with Crippen molar-refractivity contribution in [3.8, 4) is 0 Å². The number of aliphatic imine (C=N–C) groups is 1. The van der Waals surface area contributed by atoms with Crippen LogP contribution in [0.25, 0.3) is 0 Å². The summed E-state index contributed by atoms with van der Waals surface area (Å²) >= 11 is 12.6. The number of halogens is 2. The van der Waals surface area contributed by atoms with Gasteiger partial charge in [-0.2, -0.15) is 0 Å². The molecule has 0 amide bonds. The Morgan fingerprint density at radius 2 is 1.75 bits per heavy atom. The summed E-state index contributed by atoms with van der Waals surface area (Å²) in [6, 6.07) is 16.0. The minimum absolute atomic E-state index is 0.0288. The first-order valence-electron chi connectivity index (χ1n) is 6.49. The zero-order valence-electron chi connectivity index (χ0n) is 10.8. The van der Waals surface area contributed by atoms with E-state index >= 15 is 0 Å². The van der Waals surface area contributed by atoms with E-state index in [1.54, 1.807) is 0 Å². The van der Waals surface area contributed by atoms with E-state index in [-0.39, 0.29) is 5.92 Å². The molecule has 2 aromatic rings. The molecule has 1 nitrogen and oxygen atoms in total. The van der Waals surface area contributed by atoms with Gasteiger partial charge in [0.2, 0.25) is 0 Å². The van der Waals surface area contributed by atoms with Gasteiger partial charge in [-0.05, 0) is 17.2 Å². The van der Waals surface area contributed by atoms with Gasteiger partial charge >= 0.3 is 0 Å². The van der Waals surface area contributed by atoms with E-state index in [1.165, 1.54) is 5.56 Å². The standard InChI is InChI=1S/C17H13Cl2N/c18-14-9-4-8-13(17(14)19)16(15-10-5-11-20-15)12-6-2-1-3-7-12/h1-4,6-11,16H,5H2. The Hall–Kier alpha value is -1.57. The predicted molar refractivity (Wildman–Crippen MR) is 85.9 cm³/mol. The third kappa shape index (κ3) is 2.52. The lowest BCUT2D eigenvalue weighted by Crippen LogP contribution is -2.03. The highest BCUT2D eigenvalue weighted by molar-refractivity contribution is 6.42. The van der Waals surface area contributed by atoms with Gasteiger partial charge in [0.1, 0.15) is 0 Å². The smallest absolute Gasteiger partial charge is 0.0634 e. The fourth-order valence-electron chi connectivity index (χ4n) is 2.48. The first-order valence-corrected chi connectivity index (χ1v) is 7.24. The molecule has 1 atom stereocenters. The summed E-state index contributed by atoms with van der Waals surface area (Å²) in [7, 11) is 0. The third-order valence-corrected chi connectivity index (χ3v) is 4.23. The molecule has 3 heteroatoms. The second-order valence-corrected chi connectivity index (χ2v) is 5.45. The molecule has 2 aromatic carbocycles. The van der Waals surface area contributed by atoms with Crippen molar-refractivity contribution in [1.29, 1.82) is 0 Å². The van der Waals surface area contributed by atoms with Crippen LogP contribution in [0.2, 0.25) is 10.0 Å². The number of hydrogen-bond acceptors (Lipinski definition) is 1. The van der Waals surface area contributed by atoms with E-state index < -0.39 is 0 Å². The quantitative estimate of drug-likeness (QED) is 0.711. The Morgan fingerprint density at radius 1 is 0.950 bits per heavy atom. The van der Waals surface area contributed by atoms with E-state index in [0.29, 0.717) is 10.0 Å². The lowest BCUT2D eigenvalue weighted by atomic mass is 9.88. The predicted octanol–water partition coefficient (Wildman–Crippen LogP) is 5.48. The highest BCUT2D eigenvalue weighted by atomic mass is 35.5. The Labute approximate surface area is 128 Å². The molecule has 100 valence electrons. The van der Waals surface area contributed by atoms with Crippen LogP contribution in [-0.2, 0) is 0 Å². The van der Waals surface area contributed by atoms with Crippen LogP contribution in [0.4, 0.5) is 0 Å². The van der Waals surface area contributed by atoms with Crippen molar-refractivity contribution >= 4 is 29.4 Å². The van der Waals surface area contributed by atoms with Gasteiger partial charge in [0.05, 0.1) is 16.0 Å². The number of benzene rings is 2. The zero-order chi connectivity index (χ0) is 13.9. The van der Waals surface area contributed by atoms with Crippen LogP contribution in [-0.4, -0.2) is 6.21 Å².